The van der Waals surface area contributed by atoms with Gasteiger partial charge in [0.05, 0.1) is 5.92 Å². The van der Waals surface area contributed by atoms with Crippen LogP contribution in [0.1, 0.15) is 6.42 Å². The summed E-state index contributed by atoms with van der Waals surface area (Å²) < 4.78 is 0. The Morgan fingerprint density at radius 1 is 1.56 bits per heavy atom. The van der Waals surface area contributed by atoms with Crippen molar-refractivity contribution in [2.75, 3.05) is 0 Å². The Morgan fingerprint density at radius 3 is 2.56 bits per heavy atom. The van der Waals surface area contributed by atoms with Crippen molar-refractivity contribution in [3.05, 3.63) is 12.2 Å². The number of carbonyl (C=O) groups is 1. The molecule has 0 aromatic carbocycles. The van der Waals surface area contributed by atoms with E-state index in [1.165, 1.54) is 0 Å². The Balaban J connectivity index is 2.36. The van der Waals surface area contributed by atoms with Crippen LogP contribution in [0.3, 0.4) is 0 Å². The second-order valence-corrected chi connectivity index (χ2v) is 2.82. The topological polar surface area (TPSA) is 43.1 Å². The van der Waals surface area contributed by atoms with Crippen LogP contribution in [-0.4, -0.2) is 11.8 Å². The van der Waals surface area contributed by atoms with Gasteiger partial charge in [0.1, 0.15) is 5.78 Å². The van der Waals surface area contributed by atoms with Crippen molar-refractivity contribution in [1.29, 1.82) is 0 Å². The molecule has 2 aliphatic rings. The fraction of sp³-hybridized carbons (Fsp3) is 0.571. The zero-order chi connectivity index (χ0) is 6.43. The molecule has 2 bridgehead atoms. The number of allylic oxidation sites excluding steroid dienone is 1. The first kappa shape index (κ1) is 5.18. The molecular weight excluding hydrogens is 114 g/mol. The third kappa shape index (κ3) is 0.512. The highest BCUT2D eigenvalue weighted by Crippen LogP contribution is 2.34. The Hall–Kier alpha value is -0.630. The zero-order valence-corrected chi connectivity index (χ0v) is 5.08. The maximum Gasteiger partial charge on any atom is 0.148 e. The van der Waals surface area contributed by atoms with Crippen molar-refractivity contribution >= 4 is 5.78 Å². The van der Waals surface area contributed by atoms with E-state index in [0.29, 0.717) is 5.78 Å². The van der Waals surface area contributed by atoms with Gasteiger partial charge in [-0.1, -0.05) is 12.2 Å². The molecule has 1 saturated carbocycles. The highest BCUT2D eigenvalue weighted by Gasteiger charge is 2.41. The molecule has 2 aliphatic carbocycles. The van der Waals surface area contributed by atoms with E-state index in [-0.39, 0.29) is 17.9 Å². The molecule has 3 atom stereocenters. The van der Waals surface area contributed by atoms with E-state index in [0.717, 1.165) is 6.42 Å². The molecule has 1 fully saturated rings. The van der Waals surface area contributed by atoms with Crippen molar-refractivity contribution in [2.24, 2.45) is 17.6 Å². The predicted octanol–water partition coefficient (Wildman–Crippen LogP) is 0.0887. The van der Waals surface area contributed by atoms with Gasteiger partial charge >= 0.3 is 0 Å². The summed E-state index contributed by atoms with van der Waals surface area (Å²) in [6.45, 7) is 0. The molecule has 0 aliphatic heterocycles. The quantitative estimate of drug-likeness (QED) is 0.464. The molecule has 0 aromatic heterocycles. The van der Waals surface area contributed by atoms with Crippen molar-refractivity contribution in [2.45, 2.75) is 12.5 Å². The molecule has 0 spiro atoms. The maximum absolute atomic E-state index is 11.0. The highest BCUT2D eigenvalue weighted by atomic mass is 16.1. The lowest BCUT2D eigenvalue weighted by Gasteiger charge is -2.08. The van der Waals surface area contributed by atoms with E-state index in [1.54, 1.807) is 0 Å². The summed E-state index contributed by atoms with van der Waals surface area (Å²) >= 11 is 0. The van der Waals surface area contributed by atoms with Gasteiger partial charge in [-0.3, -0.25) is 4.79 Å². The summed E-state index contributed by atoms with van der Waals surface area (Å²) in [7, 11) is 0. The van der Waals surface area contributed by atoms with Crippen LogP contribution in [0.4, 0.5) is 0 Å². The minimum absolute atomic E-state index is 0.0648. The smallest absolute Gasteiger partial charge is 0.148 e. The maximum atomic E-state index is 11.0. The molecule has 0 unspecified atom stereocenters. The summed E-state index contributed by atoms with van der Waals surface area (Å²) in [5, 5.41) is 0. The lowest BCUT2D eigenvalue weighted by molar-refractivity contribution is -0.120. The van der Waals surface area contributed by atoms with E-state index < -0.39 is 0 Å². The first-order valence-electron chi connectivity index (χ1n) is 3.26. The Bertz CT molecular complexity index is 185. The van der Waals surface area contributed by atoms with Crippen molar-refractivity contribution in [3.63, 3.8) is 0 Å². The fourth-order valence-electron chi connectivity index (χ4n) is 1.68. The van der Waals surface area contributed by atoms with E-state index >= 15 is 0 Å². The van der Waals surface area contributed by atoms with Crippen LogP contribution in [0.15, 0.2) is 12.2 Å². The number of hydrogen-bond acceptors (Lipinski definition) is 2. The summed E-state index contributed by atoms with van der Waals surface area (Å²) in [6, 6.07) is 0.118. The fourth-order valence-corrected chi connectivity index (χ4v) is 1.68. The molecule has 2 nitrogen and oxygen atoms in total. The second-order valence-electron chi connectivity index (χ2n) is 2.82. The molecule has 0 radical (unpaired) electrons. The van der Waals surface area contributed by atoms with Gasteiger partial charge in [-0.25, -0.2) is 0 Å². The largest absolute Gasteiger partial charge is 0.327 e. The van der Waals surface area contributed by atoms with Gasteiger partial charge < -0.3 is 5.73 Å². The summed E-state index contributed by atoms with van der Waals surface area (Å²) in [5.41, 5.74) is 5.64. The average molecular weight is 123 g/mol. The third-order valence-corrected chi connectivity index (χ3v) is 2.23. The van der Waals surface area contributed by atoms with E-state index in [4.69, 9.17) is 5.73 Å². The van der Waals surface area contributed by atoms with Crippen molar-refractivity contribution in [3.8, 4) is 0 Å². The van der Waals surface area contributed by atoms with Crippen LogP contribution in [-0.2, 0) is 4.79 Å². The van der Waals surface area contributed by atoms with Crippen molar-refractivity contribution in [1.82, 2.24) is 0 Å². The number of rotatable bonds is 0. The first-order valence-corrected chi connectivity index (χ1v) is 3.26. The van der Waals surface area contributed by atoms with Crippen LogP contribution in [0.5, 0.6) is 0 Å². The Labute approximate surface area is 53.7 Å². The average Bonchev–Trinajstić information content (AvgIpc) is 2.25. The number of Topliss-reactive ketones (excluding diaryl/α,β-unsaturated/α-hetero) is 1. The lowest BCUT2D eigenvalue weighted by atomic mass is 10.0. The molecule has 2 rings (SSSR count). The normalized spacial score (nSPS) is 46.8. The molecule has 0 aromatic rings. The second kappa shape index (κ2) is 1.45. The number of carbonyl (C=O) groups excluding carboxylic acids is 1. The Kier molecular flexibility index (Phi) is 0.833. The van der Waals surface area contributed by atoms with Crippen LogP contribution in [0.2, 0.25) is 0 Å². The third-order valence-electron chi connectivity index (χ3n) is 2.23. The van der Waals surface area contributed by atoms with Gasteiger partial charge in [-0.2, -0.15) is 0 Å². The molecule has 2 heteroatoms. The molecule has 0 saturated heterocycles. The number of fused-ring (bicyclic) bond motifs is 2. The molecule has 2 N–H and O–H groups in total. The van der Waals surface area contributed by atoms with Crippen LogP contribution in [0.25, 0.3) is 0 Å². The van der Waals surface area contributed by atoms with Crippen LogP contribution < -0.4 is 5.73 Å². The Morgan fingerprint density at radius 2 is 2.33 bits per heavy atom. The molecule has 0 heterocycles. The van der Waals surface area contributed by atoms with Gasteiger partial charge in [0, 0.05) is 12.0 Å². The van der Waals surface area contributed by atoms with Gasteiger partial charge in [-0.05, 0) is 6.42 Å². The number of nitrogens with two attached hydrogens (primary N) is 1. The van der Waals surface area contributed by atoms with E-state index in [1.807, 2.05) is 12.2 Å². The van der Waals surface area contributed by atoms with Gasteiger partial charge in [-0.15, -0.1) is 0 Å². The molecule has 0 amide bonds. The monoisotopic (exact) mass is 123 g/mol. The van der Waals surface area contributed by atoms with Gasteiger partial charge in [0.25, 0.3) is 0 Å². The molecular formula is C7H9NO. The van der Waals surface area contributed by atoms with E-state index in [2.05, 4.69) is 0 Å². The standard InChI is InChI=1S/C7H9NO/c8-6-3-4-1-2-5(6)7(4)9/h1-2,4-6H,3,8H2/t4-,5+,6+/m0/s1. The molecule has 9 heavy (non-hydrogen) atoms. The van der Waals surface area contributed by atoms with Gasteiger partial charge in [0.15, 0.2) is 0 Å². The van der Waals surface area contributed by atoms with Crippen LogP contribution in [0, 0.1) is 11.8 Å². The SMILES string of the molecule is N[C@@H]1C[C@@H]2C=C[C@H]1C2=O. The minimum Gasteiger partial charge on any atom is -0.327 e. The predicted molar refractivity (Wildman–Crippen MR) is 33.7 cm³/mol. The zero-order valence-electron chi connectivity index (χ0n) is 5.08. The minimum atomic E-state index is 0.0648. The highest BCUT2D eigenvalue weighted by molar-refractivity contribution is 5.92. The van der Waals surface area contributed by atoms with Gasteiger partial charge in [0.2, 0.25) is 0 Å². The molecule has 48 valence electrons. The summed E-state index contributed by atoms with van der Waals surface area (Å²) in [6.07, 6.45) is 4.80. The lowest BCUT2D eigenvalue weighted by Crippen LogP contribution is -2.25. The number of hydrogen-bond donors (Lipinski definition) is 1. The van der Waals surface area contributed by atoms with E-state index in [9.17, 15) is 4.79 Å². The summed E-state index contributed by atoms with van der Waals surface area (Å²) in [4.78, 5) is 11.0. The first-order chi connectivity index (χ1) is 4.29. The summed E-state index contributed by atoms with van der Waals surface area (Å²) in [5.74, 6) is 0.572. The number of ketones is 1. The van der Waals surface area contributed by atoms with Crippen molar-refractivity contribution < 1.29 is 4.79 Å². The van der Waals surface area contributed by atoms with Crippen LogP contribution >= 0.6 is 0 Å².